The van der Waals surface area contributed by atoms with Crippen molar-refractivity contribution in [2.75, 3.05) is 6.54 Å². The fraction of sp³-hybridized carbons (Fsp3) is 0.600. The van der Waals surface area contributed by atoms with Gasteiger partial charge < -0.3 is 0 Å². The highest BCUT2D eigenvalue weighted by atomic mass is 16.2. The third-order valence-electron chi connectivity index (χ3n) is 2.45. The second-order valence-corrected chi connectivity index (χ2v) is 4.56. The Morgan fingerprint density at radius 2 is 2.11 bits per heavy atom. The number of carbonyl (C=O) groups excluding carboxylic acids is 1. The van der Waals surface area contributed by atoms with Crippen LogP contribution < -0.4 is 0 Å². The van der Waals surface area contributed by atoms with E-state index in [1.54, 1.807) is 17.2 Å². The number of amidine groups is 1. The summed E-state index contributed by atoms with van der Waals surface area (Å²) in [4.78, 5) is 18.1. The van der Waals surface area contributed by atoms with Gasteiger partial charge in [0.05, 0.1) is 0 Å². The molecule has 0 atom stereocenters. The van der Waals surface area contributed by atoms with E-state index in [9.17, 15) is 4.79 Å². The topological polar surface area (TPSA) is 32.7 Å². The number of carbonyl (C=O) groups is 1. The first-order chi connectivity index (χ1) is 8.56. The number of allylic oxidation sites excluding steroid dienone is 1. The Kier molecular flexibility index (Phi) is 8.89. The minimum Gasteiger partial charge on any atom is -0.276 e. The predicted octanol–water partition coefficient (Wildman–Crippen LogP) is 3.78. The first-order valence-corrected chi connectivity index (χ1v) is 6.65. The van der Waals surface area contributed by atoms with Crippen LogP contribution in [0.25, 0.3) is 0 Å². The zero-order chi connectivity index (χ0) is 14.0. The van der Waals surface area contributed by atoms with Crippen molar-refractivity contribution < 1.29 is 4.79 Å². The molecule has 0 saturated carbocycles. The van der Waals surface area contributed by atoms with Crippen LogP contribution in [0.5, 0.6) is 0 Å². The van der Waals surface area contributed by atoms with Crippen molar-refractivity contribution in [3.05, 3.63) is 24.9 Å². The monoisotopic (exact) mass is 250 g/mol. The fourth-order valence-corrected chi connectivity index (χ4v) is 1.56. The standard InChI is InChI=1S/C15H26N2O/c1-6-9-15(18)17(12-7-2)14(16-8-3)11-10-13(4)5/h6-7,12-13H,1,8-11H2,2-5H3/b12-7-,16-14?. The smallest absolute Gasteiger partial charge is 0.235 e. The molecule has 0 fully saturated rings. The molecule has 102 valence electrons. The van der Waals surface area contributed by atoms with Crippen molar-refractivity contribution in [1.29, 1.82) is 0 Å². The van der Waals surface area contributed by atoms with Crippen LogP contribution in [0.15, 0.2) is 29.9 Å². The quantitative estimate of drug-likeness (QED) is 0.384. The predicted molar refractivity (Wildman–Crippen MR) is 78.5 cm³/mol. The summed E-state index contributed by atoms with van der Waals surface area (Å²) >= 11 is 0. The molecule has 18 heavy (non-hydrogen) atoms. The van der Waals surface area contributed by atoms with Gasteiger partial charge in [-0.2, -0.15) is 0 Å². The molecule has 3 heteroatoms. The second-order valence-electron chi connectivity index (χ2n) is 4.56. The van der Waals surface area contributed by atoms with Crippen LogP contribution in [0, 0.1) is 5.92 Å². The van der Waals surface area contributed by atoms with Gasteiger partial charge in [0.2, 0.25) is 5.91 Å². The molecule has 0 spiro atoms. The normalized spacial score (nSPS) is 12.2. The molecule has 3 nitrogen and oxygen atoms in total. The molecule has 0 N–H and O–H groups in total. The highest BCUT2D eigenvalue weighted by Crippen LogP contribution is 2.10. The average molecular weight is 250 g/mol. The maximum atomic E-state index is 12.0. The highest BCUT2D eigenvalue weighted by Gasteiger charge is 2.15. The summed E-state index contributed by atoms with van der Waals surface area (Å²) in [5, 5.41) is 0. The van der Waals surface area contributed by atoms with E-state index in [0.29, 0.717) is 18.9 Å². The number of rotatable bonds is 7. The maximum Gasteiger partial charge on any atom is 0.235 e. The molecule has 0 aliphatic rings. The number of amides is 1. The van der Waals surface area contributed by atoms with Gasteiger partial charge in [-0.25, -0.2) is 0 Å². The van der Waals surface area contributed by atoms with Crippen molar-refractivity contribution >= 4 is 11.7 Å². The van der Waals surface area contributed by atoms with Crippen molar-refractivity contribution in [2.45, 2.75) is 47.0 Å². The highest BCUT2D eigenvalue weighted by molar-refractivity contribution is 5.99. The Bertz CT molecular complexity index is 316. The molecule has 0 aromatic heterocycles. The van der Waals surface area contributed by atoms with Gasteiger partial charge >= 0.3 is 0 Å². The molecule has 0 aliphatic heterocycles. The van der Waals surface area contributed by atoms with Gasteiger partial charge in [-0.05, 0) is 26.2 Å². The number of aliphatic imine (C=N–C) groups is 1. The zero-order valence-corrected chi connectivity index (χ0v) is 12.1. The molecule has 0 unspecified atom stereocenters. The number of hydrogen-bond acceptors (Lipinski definition) is 2. The lowest BCUT2D eigenvalue weighted by atomic mass is 10.1. The Morgan fingerprint density at radius 1 is 1.44 bits per heavy atom. The summed E-state index contributed by atoms with van der Waals surface area (Å²) < 4.78 is 0. The van der Waals surface area contributed by atoms with E-state index in [1.165, 1.54) is 0 Å². The van der Waals surface area contributed by atoms with Crippen molar-refractivity contribution in [1.82, 2.24) is 4.90 Å². The van der Waals surface area contributed by atoms with Crippen molar-refractivity contribution in [3.8, 4) is 0 Å². The second kappa shape index (κ2) is 9.63. The lowest BCUT2D eigenvalue weighted by Crippen LogP contribution is -2.32. The van der Waals surface area contributed by atoms with E-state index in [1.807, 2.05) is 19.9 Å². The SMILES string of the molecule is C=CCC(=O)N(/C=C\C)C(CCC(C)C)=NCC. The molecule has 0 heterocycles. The van der Waals surface area contributed by atoms with Gasteiger partial charge in [-0.1, -0.05) is 26.0 Å². The molecule has 0 radical (unpaired) electrons. The zero-order valence-electron chi connectivity index (χ0n) is 12.1. The van der Waals surface area contributed by atoms with Crippen LogP contribution in [0.2, 0.25) is 0 Å². The molecule has 0 rings (SSSR count). The van der Waals surface area contributed by atoms with Gasteiger partial charge in [0.15, 0.2) is 0 Å². The summed E-state index contributed by atoms with van der Waals surface area (Å²) in [6.07, 6.45) is 7.49. The van der Waals surface area contributed by atoms with E-state index in [2.05, 4.69) is 25.4 Å². The van der Waals surface area contributed by atoms with Crippen LogP contribution in [-0.4, -0.2) is 23.2 Å². The lowest BCUT2D eigenvalue weighted by Gasteiger charge is -2.21. The van der Waals surface area contributed by atoms with Gasteiger partial charge in [0.25, 0.3) is 0 Å². The van der Waals surface area contributed by atoms with Crippen LogP contribution in [0.1, 0.15) is 47.0 Å². The van der Waals surface area contributed by atoms with E-state index >= 15 is 0 Å². The molecule has 0 bridgehead atoms. The number of hydrogen-bond donors (Lipinski definition) is 0. The molecule has 0 aliphatic carbocycles. The average Bonchev–Trinajstić information content (AvgIpc) is 2.32. The molecule has 1 amide bonds. The fourth-order valence-electron chi connectivity index (χ4n) is 1.56. The third-order valence-corrected chi connectivity index (χ3v) is 2.45. The van der Waals surface area contributed by atoms with Crippen LogP contribution in [-0.2, 0) is 4.79 Å². The minimum absolute atomic E-state index is 0.0269. The maximum absolute atomic E-state index is 12.0. The van der Waals surface area contributed by atoms with Crippen LogP contribution in [0.4, 0.5) is 0 Å². The van der Waals surface area contributed by atoms with E-state index < -0.39 is 0 Å². The lowest BCUT2D eigenvalue weighted by molar-refractivity contribution is -0.124. The van der Waals surface area contributed by atoms with Gasteiger partial charge in [-0.3, -0.25) is 14.7 Å². The van der Waals surface area contributed by atoms with Gasteiger partial charge in [0, 0.05) is 25.6 Å². The molecular formula is C15H26N2O. The summed E-state index contributed by atoms with van der Waals surface area (Å²) in [7, 11) is 0. The third kappa shape index (κ3) is 6.38. The summed E-state index contributed by atoms with van der Waals surface area (Å²) in [6.45, 7) is 12.6. The molecule has 0 aromatic carbocycles. The summed E-state index contributed by atoms with van der Waals surface area (Å²) in [6, 6.07) is 0. The minimum atomic E-state index is 0.0269. The summed E-state index contributed by atoms with van der Waals surface area (Å²) in [5.41, 5.74) is 0. The number of nitrogens with zero attached hydrogens (tertiary/aromatic N) is 2. The van der Waals surface area contributed by atoms with Crippen molar-refractivity contribution in [3.63, 3.8) is 0 Å². The first kappa shape index (κ1) is 16.6. The van der Waals surface area contributed by atoms with E-state index in [4.69, 9.17) is 0 Å². The Morgan fingerprint density at radius 3 is 2.56 bits per heavy atom. The molecule has 0 saturated heterocycles. The van der Waals surface area contributed by atoms with Gasteiger partial charge in [-0.15, -0.1) is 6.58 Å². The molecule has 0 aromatic rings. The first-order valence-electron chi connectivity index (χ1n) is 6.65. The van der Waals surface area contributed by atoms with Crippen LogP contribution in [0.3, 0.4) is 0 Å². The largest absolute Gasteiger partial charge is 0.276 e. The summed E-state index contributed by atoms with van der Waals surface area (Å²) in [5.74, 6) is 1.49. The van der Waals surface area contributed by atoms with Crippen LogP contribution >= 0.6 is 0 Å². The van der Waals surface area contributed by atoms with E-state index in [0.717, 1.165) is 18.7 Å². The van der Waals surface area contributed by atoms with E-state index in [-0.39, 0.29) is 5.91 Å². The molecular weight excluding hydrogens is 224 g/mol. The Hall–Kier alpha value is -1.38. The Labute approximate surface area is 111 Å². The Balaban J connectivity index is 4.92. The van der Waals surface area contributed by atoms with Gasteiger partial charge in [0.1, 0.15) is 5.84 Å². The van der Waals surface area contributed by atoms with Crippen molar-refractivity contribution in [2.24, 2.45) is 10.9 Å².